The third kappa shape index (κ3) is 2.72. The van der Waals surface area contributed by atoms with E-state index in [1.807, 2.05) is 6.07 Å². The number of rotatable bonds is 3. The molecule has 0 aromatic heterocycles. The number of aliphatic carboxylic acids is 1. The fraction of sp³-hybridized carbons (Fsp3) is 0.176. The van der Waals surface area contributed by atoms with Gasteiger partial charge in [0.2, 0.25) is 0 Å². The first kappa shape index (κ1) is 14.7. The molecule has 4 nitrogen and oxygen atoms in total. The highest BCUT2D eigenvalue weighted by Crippen LogP contribution is 2.35. The summed E-state index contributed by atoms with van der Waals surface area (Å²) in [6.07, 6.45) is -0.0389. The van der Waals surface area contributed by atoms with Gasteiger partial charge >= 0.3 is 5.97 Å². The van der Waals surface area contributed by atoms with Crippen LogP contribution in [0.3, 0.4) is 0 Å². The molecule has 112 valence electrons. The van der Waals surface area contributed by atoms with Crippen LogP contribution >= 0.6 is 11.8 Å². The van der Waals surface area contributed by atoms with Crippen LogP contribution in [0.4, 0.5) is 0 Å². The topological polar surface area (TPSA) is 63.6 Å². The minimum atomic E-state index is -0.877. The van der Waals surface area contributed by atoms with E-state index in [4.69, 9.17) is 9.84 Å². The lowest BCUT2D eigenvalue weighted by Gasteiger charge is -2.07. The first-order chi connectivity index (χ1) is 10.6. The maximum Gasteiger partial charge on any atom is 0.307 e. The standard InChI is InChI=1S/C17H14O4S/c1-21-12-3-5-13-11(8-12)9-22-15-6-10(7-16(18)19)2-4-14(15)17(13)20/h2-6,8H,7,9H2,1H3,(H,18,19). The Bertz CT molecular complexity index is 767. The van der Waals surface area contributed by atoms with Gasteiger partial charge in [-0.1, -0.05) is 6.07 Å². The molecule has 0 atom stereocenters. The molecule has 0 spiro atoms. The summed E-state index contributed by atoms with van der Waals surface area (Å²) < 4.78 is 5.21. The third-order valence-corrected chi connectivity index (χ3v) is 4.69. The van der Waals surface area contributed by atoms with E-state index in [1.54, 1.807) is 49.2 Å². The van der Waals surface area contributed by atoms with Crippen LogP contribution in [0, 0.1) is 0 Å². The average Bonchev–Trinajstić information content (AvgIpc) is 2.64. The second-order valence-electron chi connectivity index (χ2n) is 5.04. The van der Waals surface area contributed by atoms with E-state index in [2.05, 4.69) is 0 Å². The van der Waals surface area contributed by atoms with E-state index in [0.29, 0.717) is 22.4 Å². The number of fused-ring (bicyclic) bond motifs is 2. The number of ketones is 1. The second-order valence-corrected chi connectivity index (χ2v) is 6.06. The first-order valence-electron chi connectivity index (χ1n) is 6.77. The van der Waals surface area contributed by atoms with Crippen molar-refractivity contribution in [3.63, 3.8) is 0 Å². The van der Waals surface area contributed by atoms with Crippen LogP contribution in [-0.2, 0) is 17.0 Å². The lowest BCUT2D eigenvalue weighted by Crippen LogP contribution is -2.05. The Labute approximate surface area is 132 Å². The number of carbonyl (C=O) groups excluding carboxylic acids is 1. The molecule has 1 aliphatic rings. The van der Waals surface area contributed by atoms with Gasteiger partial charge in [0.05, 0.1) is 13.5 Å². The zero-order chi connectivity index (χ0) is 15.7. The van der Waals surface area contributed by atoms with Gasteiger partial charge in [-0.15, -0.1) is 11.8 Å². The number of thioether (sulfide) groups is 1. The van der Waals surface area contributed by atoms with Crippen LogP contribution in [0.2, 0.25) is 0 Å². The van der Waals surface area contributed by atoms with Crippen molar-refractivity contribution in [1.82, 2.24) is 0 Å². The second kappa shape index (κ2) is 5.85. The van der Waals surface area contributed by atoms with Crippen molar-refractivity contribution in [3.05, 3.63) is 58.7 Å². The molecule has 2 aromatic rings. The maximum atomic E-state index is 12.7. The molecule has 2 aromatic carbocycles. The normalized spacial score (nSPS) is 13.0. The maximum absolute atomic E-state index is 12.7. The van der Waals surface area contributed by atoms with E-state index in [0.717, 1.165) is 16.2 Å². The van der Waals surface area contributed by atoms with Gasteiger partial charge in [0, 0.05) is 21.8 Å². The van der Waals surface area contributed by atoms with Crippen molar-refractivity contribution >= 4 is 23.5 Å². The molecule has 22 heavy (non-hydrogen) atoms. The summed E-state index contributed by atoms with van der Waals surface area (Å²) in [5.74, 6) is 0.476. The lowest BCUT2D eigenvalue weighted by atomic mass is 9.98. The van der Waals surface area contributed by atoms with Crippen LogP contribution in [-0.4, -0.2) is 24.0 Å². The minimum absolute atomic E-state index is 0.0282. The van der Waals surface area contributed by atoms with Gasteiger partial charge in [-0.3, -0.25) is 9.59 Å². The Balaban J connectivity index is 2.02. The molecular weight excluding hydrogens is 300 g/mol. The molecule has 1 aliphatic heterocycles. The molecule has 0 unspecified atom stereocenters. The number of ether oxygens (including phenoxy) is 1. The lowest BCUT2D eigenvalue weighted by molar-refractivity contribution is -0.136. The zero-order valence-electron chi connectivity index (χ0n) is 12.0. The number of carbonyl (C=O) groups is 2. The fourth-order valence-corrected chi connectivity index (χ4v) is 3.60. The van der Waals surface area contributed by atoms with Gasteiger partial charge in [0.15, 0.2) is 5.78 Å². The van der Waals surface area contributed by atoms with Crippen molar-refractivity contribution in [1.29, 1.82) is 0 Å². The predicted molar refractivity (Wildman–Crippen MR) is 83.8 cm³/mol. The summed E-state index contributed by atoms with van der Waals surface area (Å²) >= 11 is 1.55. The van der Waals surface area contributed by atoms with Crippen LogP contribution < -0.4 is 4.74 Å². The van der Waals surface area contributed by atoms with Gasteiger partial charge in [0.25, 0.3) is 0 Å². The summed E-state index contributed by atoms with van der Waals surface area (Å²) in [5, 5.41) is 8.89. The summed E-state index contributed by atoms with van der Waals surface area (Å²) in [6, 6.07) is 10.7. The van der Waals surface area contributed by atoms with Gasteiger partial charge in [-0.25, -0.2) is 0 Å². The van der Waals surface area contributed by atoms with Crippen molar-refractivity contribution in [2.45, 2.75) is 17.1 Å². The molecule has 5 heteroatoms. The first-order valence-corrected chi connectivity index (χ1v) is 7.76. The van der Waals surface area contributed by atoms with E-state index in [1.165, 1.54) is 0 Å². The highest BCUT2D eigenvalue weighted by molar-refractivity contribution is 7.98. The summed E-state index contributed by atoms with van der Waals surface area (Å²) in [6.45, 7) is 0. The number of hydrogen-bond acceptors (Lipinski definition) is 4. The van der Waals surface area contributed by atoms with E-state index in [-0.39, 0.29) is 12.2 Å². The molecule has 1 heterocycles. The van der Waals surface area contributed by atoms with Crippen LogP contribution in [0.1, 0.15) is 27.0 Å². The quantitative estimate of drug-likeness (QED) is 0.943. The highest BCUT2D eigenvalue weighted by Gasteiger charge is 2.22. The monoisotopic (exact) mass is 314 g/mol. The number of carboxylic acids is 1. The molecular formula is C17H14O4S. The minimum Gasteiger partial charge on any atom is -0.497 e. The number of hydrogen-bond donors (Lipinski definition) is 1. The molecule has 0 bridgehead atoms. The molecule has 0 amide bonds. The van der Waals surface area contributed by atoms with Gasteiger partial charge in [0.1, 0.15) is 5.75 Å². The number of carboxylic acid groups (broad SMARTS) is 1. The average molecular weight is 314 g/mol. The zero-order valence-corrected chi connectivity index (χ0v) is 12.8. The van der Waals surface area contributed by atoms with E-state index >= 15 is 0 Å². The fourth-order valence-electron chi connectivity index (χ4n) is 2.50. The molecule has 1 N–H and O–H groups in total. The summed E-state index contributed by atoms with van der Waals surface area (Å²) in [4.78, 5) is 24.4. The molecule has 0 radical (unpaired) electrons. The summed E-state index contributed by atoms with van der Waals surface area (Å²) in [5.41, 5.74) is 2.95. The van der Waals surface area contributed by atoms with E-state index < -0.39 is 5.97 Å². The molecule has 0 aliphatic carbocycles. The Kier molecular flexibility index (Phi) is 3.90. The van der Waals surface area contributed by atoms with Crippen molar-refractivity contribution in [2.75, 3.05) is 7.11 Å². The predicted octanol–water partition coefficient (Wildman–Crippen LogP) is 3.16. The third-order valence-electron chi connectivity index (χ3n) is 3.59. The molecule has 0 saturated heterocycles. The number of benzene rings is 2. The van der Waals surface area contributed by atoms with Crippen LogP contribution in [0.5, 0.6) is 5.75 Å². The Hall–Kier alpha value is -2.27. The SMILES string of the molecule is COc1ccc2c(c1)CSc1cc(CC(=O)O)ccc1C2=O. The number of methoxy groups -OCH3 is 1. The smallest absolute Gasteiger partial charge is 0.307 e. The van der Waals surface area contributed by atoms with Crippen LogP contribution in [0.15, 0.2) is 41.3 Å². The Morgan fingerprint density at radius 2 is 2.00 bits per heavy atom. The van der Waals surface area contributed by atoms with Crippen LogP contribution in [0.25, 0.3) is 0 Å². The Morgan fingerprint density at radius 1 is 1.23 bits per heavy atom. The molecule has 3 rings (SSSR count). The summed E-state index contributed by atoms with van der Waals surface area (Å²) in [7, 11) is 1.60. The van der Waals surface area contributed by atoms with Crippen molar-refractivity contribution < 1.29 is 19.4 Å². The van der Waals surface area contributed by atoms with Gasteiger partial charge < -0.3 is 9.84 Å². The largest absolute Gasteiger partial charge is 0.497 e. The van der Waals surface area contributed by atoms with Crippen molar-refractivity contribution in [2.24, 2.45) is 0 Å². The van der Waals surface area contributed by atoms with Crippen molar-refractivity contribution in [3.8, 4) is 5.75 Å². The van der Waals surface area contributed by atoms with E-state index in [9.17, 15) is 9.59 Å². The molecule has 0 saturated carbocycles. The highest BCUT2D eigenvalue weighted by atomic mass is 32.2. The Morgan fingerprint density at radius 3 is 2.73 bits per heavy atom. The van der Waals surface area contributed by atoms with Gasteiger partial charge in [-0.05, 0) is 41.5 Å². The van der Waals surface area contributed by atoms with Gasteiger partial charge in [-0.2, -0.15) is 0 Å². The molecule has 0 fully saturated rings.